The third-order valence-corrected chi connectivity index (χ3v) is 11.0. The molecule has 2 aliphatic rings. The van der Waals surface area contributed by atoms with Crippen molar-refractivity contribution in [1.82, 2.24) is 5.32 Å². The quantitative estimate of drug-likeness (QED) is 0.165. The van der Waals surface area contributed by atoms with Crippen LogP contribution in [-0.4, -0.2) is 6.54 Å². The van der Waals surface area contributed by atoms with Crippen LogP contribution in [0.3, 0.4) is 0 Å². The molecule has 2 rings (SSSR count). The van der Waals surface area contributed by atoms with Crippen LogP contribution in [0, 0.1) is 33.5 Å². The number of nitrogens with zero attached hydrogens (tertiary/aromatic N) is 2. The lowest BCUT2D eigenvalue weighted by atomic mass is 9.71. The first-order valence-corrected chi connectivity index (χ1v) is 17.7. The first kappa shape index (κ1) is 37.3. The minimum atomic E-state index is -6.58. The second-order valence-electron chi connectivity index (χ2n) is 12.6. The fraction of sp³-hybridized carbons (Fsp3) is 0.643. The van der Waals surface area contributed by atoms with E-state index in [1.165, 1.54) is 0 Å². The van der Waals surface area contributed by atoms with Crippen LogP contribution in [0.4, 0.5) is 35.0 Å². The Kier molecular flexibility index (Phi) is 12.2. The lowest BCUT2D eigenvalue weighted by Gasteiger charge is -2.35. The fourth-order valence-electron chi connectivity index (χ4n) is 5.77. The first-order valence-electron chi connectivity index (χ1n) is 13.7. The second-order valence-corrected chi connectivity index (χ2v) is 16.7. The Morgan fingerprint density at radius 2 is 1.16 bits per heavy atom. The predicted molar refractivity (Wildman–Crippen MR) is 159 cm³/mol. The number of nitriles is 2. The maximum absolute atomic E-state index is 13.6. The lowest BCUT2D eigenvalue weighted by molar-refractivity contribution is 0.337. The molecule has 0 aliphatic heterocycles. The molecule has 15 heteroatoms. The Balaban J connectivity index is 2.04. The summed E-state index contributed by atoms with van der Waals surface area (Å²) < 4.78 is 119. The van der Waals surface area contributed by atoms with Gasteiger partial charge in [0.25, 0.3) is 0 Å². The Hall–Kier alpha value is -1.84. The zero-order valence-corrected chi connectivity index (χ0v) is 27.2. The van der Waals surface area contributed by atoms with Crippen LogP contribution in [0.2, 0.25) is 0 Å². The largest absolute Gasteiger partial charge is 0.387 e. The summed E-state index contributed by atoms with van der Waals surface area (Å²) in [5, 5.41) is 22.4. The first-order chi connectivity index (χ1) is 19.5. The van der Waals surface area contributed by atoms with Gasteiger partial charge >= 0.3 is 0 Å². The number of hydrogen-bond donors (Lipinski definition) is 1. The molecule has 0 aromatic carbocycles. The van der Waals surface area contributed by atoms with E-state index in [0.29, 0.717) is 49.9 Å². The van der Waals surface area contributed by atoms with E-state index < -0.39 is 71.1 Å². The topological polar surface area (TPSA) is 59.6 Å². The maximum Gasteiger partial charge on any atom is 0.249 e. The van der Waals surface area contributed by atoms with Gasteiger partial charge < -0.3 is 5.32 Å². The summed E-state index contributed by atoms with van der Waals surface area (Å²) in [6.07, 6.45) is 3.84. The van der Waals surface area contributed by atoms with Crippen molar-refractivity contribution < 1.29 is 35.0 Å². The van der Waals surface area contributed by atoms with Crippen molar-refractivity contribution in [2.75, 3.05) is 6.54 Å². The Morgan fingerprint density at radius 1 is 0.674 bits per heavy atom. The highest BCUT2D eigenvalue weighted by Gasteiger charge is 2.49. The molecule has 2 aliphatic carbocycles. The summed E-state index contributed by atoms with van der Waals surface area (Å²) in [7, 11) is 0. The minimum absolute atomic E-state index is 0.0408. The standard InChI is InChI=1S/C28H38F9N3S3/c1-19(41(29,30)31)21-14-28(4,5)16-25(24(21)18-39)40-12-10-8-6-7-9-11-20-13-27(2,3)15-22(23(20)17-38)26(42(32,33)34)43(35,36)37/h40H,6-16H2,1-5H3/b21-19-. The summed E-state index contributed by atoms with van der Waals surface area (Å²) in [5.74, 6) is 0. The van der Waals surface area contributed by atoms with Crippen molar-refractivity contribution in [3.8, 4) is 12.1 Å². The highest BCUT2D eigenvalue weighted by molar-refractivity contribution is 8.42. The van der Waals surface area contributed by atoms with Gasteiger partial charge in [-0.05, 0) is 68.3 Å². The zero-order chi connectivity index (χ0) is 33.0. The number of hydrogen-bond acceptors (Lipinski definition) is 3. The molecule has 246 valence electrons. The van der Waals surface area contributed by atoms with E-state index >= 15 is 0 Å². The van der Waals surface area contributed by atoms with Gasteiger partial charge in [0.05, 0.1) is 22.1 Å². The van der Waals surface area contributed by atoms with Crippen molar-refractivity contribution >= 4 is 33.6 Å². The van der Waals surface area contributed by atoms with Gasteiger partial charge in [-0.1, -0.05) is 52.5 Å². The highest BCUT2D eigenvalue weighted by atomic mass is 32.4. The SMILES string of the molecule is C/C(=C1\CC(C)(C)CC(NCCCCCCCC2=C(C#N)C(=C(S(F)(F)F)S(F)(F)F)CC(C)(C)C2)=C1C#N)S(F)(F)F. The van der Waals surface area contributed by atoms with Crippen LogP contribution in [0.15, 0.2) is 42.7 Å². The second kappa shape index (κ2) is 14.1. The van der Waals surface area contributed by atoms with Crippen LogP contribution in [0.1, 0.15) is 98.8 Å². The van der Waals surface area contributed by atoms with Crippen LogP contribution < -0.4 is 5.32 Å². The summed E-state index contributed by atoms with van der Waals surface area (Å²) in [4.78, 5) is -0.690. The molecule has 1 N–H and O–H groups in total. The van der Waals surface area contributed by atoms with Gasteiger partial charge in [0.1, 0.15) is 6.07 Å². The Labute approximate surface area is 254 Å². The van der Waals surface area contributed by atoms with Gasteiger partial charge in [0.2, 0.25) is 33.6 Å². The van der Waals surface area contributed by atoms with E-state index in [9.17, 15) is 45.5 Å². The van der Waals surface area contributed by atoms with Crippen LogP contribution in [-0.2, 0) is 0 Å². The molecule has 0 aromatic heterocycles. The van der Waals surface area contributed by atoms with Crippen LogP contribution in [0.25, 0.3) is 0 Å². The summed E-state index contributed by atoms with van der Waals surface area (Å²) in [5.41, 5.74) is -1.77. The minimum Gasteiger partial charge on any atom is -0.387 e. The van der Waals surface area contributed by atoms with Crippen molar-refractivity contribution in [3.63, 3.8) is 0 Å². The molecule has 43 heavy (non-hydrogen) atoms. The molecular weight excluding hydrogens is 646 g/mol. The van der Waals surface area contributed by atoms with Gasteiger partial charge in [0.15, 0.2) is 4.24 Å². The fourth-order valence-corrected chi connectivity index (χ4v) is 7.99. The van der Waals surface area contributed by atoms with Crippen molar-refractivity contribution in [2.45, 2.75) is 98.8 Å². The molecule has 0 saturated carbocycles. The third-order valence-electron chi connectivity index (χ3n) is 7.57. The maximum atomic E-state index is 13.6. The normalized spacial score (nSPS) is 21.6. The molecule has 0 heterocycles. The number of allylic oxidation sites excluding steroid dienone is 7. The average molecular weight is 684 g/mol. The zero-order valence-electron chi connectivity index (χ0n) is 24.8. The molecule has 0 amide bonds. The van der Waals surface area contributed by atoms with E-state index in [2.05, 4.69) is 5.32 Å². The molecule has 0 saturated heterocycles. The number of rotatable bonds is 12. The van der Waals surface area contributed by atoms with Gasteiger partial charge in [-0.3, -0.25) is 0 Å². The predicted octanol–water partition coefficient (Wildman–Crippen LogP) is 13.0. The summed E-state index contributed by atoms with van der Waals surface area (Å²) >= 11 is -18.6. The lowest BCUT2D eigenvalue weighted by Crippen LogP contribution is -2.28. The molecule has 0 unspecified atom stereocenters. The molecule has 0 radical (unpaired) electrons. The molecule has 0 aromatic rings. The highest BCUT2D eigenvalue weighted by Crippen LogP contribution is 2.79. The number of nitrogens with one attached hydrogen (secondary N) is 1. The molecule has 0 spiro atoms. The Morgan fingerprint density at radius 3 is 1.67 bits per heavy atom. The smallest absolute Gasteiger partial charge is 0.249 e. The van der Waals surface area contributed by atoms with Gasteiger partial charge in [-0.25, -0.2) is 0 Å². The molecule has 0 atom stereocenters. The van der Waals surface area contributed by atoms with E-state index in [4.69, 9.17) is 0 Å². The van der Waals surface area contributed by atoms with Crippen LogP contribution >= 0.6 is 33.6 Å². The van der Waals surface area contributed by atoms with E-state index in [0.717, 1.165) is 13.3 Å². The van der Waals surface area contributed by atoms with Gasteiger partial charge in [-0.15, -0.1) is 35.0 Å². The number of unbranched alkanes of at least 4 members (excludes halogenated alkanes) is 4. The average Bonchev–Trinajstić information content (AvgIpc) is 2.81. The summed E-state index contributed by atoms with van der Waals surface area (Å²) in [6.45, 7) is 8.39. The molecule has 3 nitrogen and oxygen atoms in total. The third kappa shape index (κ3) is 10.4. The van der Waals surface area contributed by atoms with E-state index in [1.54, 1.807) is 19.9 Å². The van der Waals surface area contributed by atoms with Crippen molar-refractivity contribution in [1.29, 1.82) is 10.5 Å². The van der Waals surface area contributed by atoms with Crippen LogP contribution in [0.5, 0.6) is 0 Å². The van der Waals surface area contributed by atoms with E-state index in [-0.39, 0.29) is 30.4 Å². The van der Waals surface area contributed by atoms with Crippen molar-refractivity contribution in [3.05, 3.63) is 42.7 Å². The Bertz CT molecular complexity index is 1250. The molecule has 0 fully saturated rings. The van der Waals surface area contributed by atoms with Crippen molar-refractivity contribution in [2.24, 2.45) is 10.8 Å². The summed E-state index contributed by atoms with van der Waals surface area (Å²) in [6, 6.07) is 3.60. The molecule has 0 bridgehead atoms. The van der Waals surface area contributed by atoms with E-state index in [1.807, 2.05) is 19.9 Å². The van der Waals surface area contributed by atoms with Gasteiger partial charge in [0, 0.05) is 17.8 Å². The van der Waals surface area contributed by atoms with Gasteiger partial charge in [-0.2, -0.15) is 10.5 Å². The monoisotopic (exact) mass is 683 g/mol. The molecular formula is C28H38F9N3S3. The number of halogens is 9.